The van der Waals surface area contributed by atoms with Crippen molar-refractivity contribution in [2.75, 3.05) is 14.2 Å². The first-order valence-electron chi connectivity index (χ1n) is 9.27. The van der Waals surface area contributed by atoms with E-state index in [2.05, 4.69) is 10.4 Å². The van der Waals surface area contributed by atoms with Crippen LogP contribution >= 0.6 is 0 Å². The number of aromatic hydroxyl groups is 1. The van der Waals surface area contributed by atoms with Crippen molar-refractivity contribution in [3.63, 3.8) is 0 Å². The Kier molecular flexibility index (Phi) is 6.06. The molecule has 2 N–H and O–H groups in total. The maximum absolute atomic E-state index is 12.8. The summed E-state index contributed by atoms with van der Waals surface area (Å²) in [5.41, 5.74) is 1.42. The molecule has 0 bridgehead atoms. The van der Waals surface area contributed by atoms with Crippen LogP contribution in [0, 0.1) is 6.92 Å². The molecule has 3 rings (SSSR count). The van der Waals surface area contributed by atoms with Crippen LogP contribution in [0.15, 0.2) is 53.3 Å². The van der Waals surface area contributed by atoms with Crippen LogP contribution in [0.25, 0.3) is 5.69 Å². The van der Waals surface area contributed by atoms with Gasteiger partial charge in [0.2, 0.25) is 0 Å². The standard InChI is InChI=1S/C22H23N3O5/c1-13-6-5-7-16(10-13)25-20(27)12-17(26)21(24-25)22(28)23-14(2)15-8-9-18(29-3)19(11-15)30-4/h5-12,14,26H,1-4H3,(H,23,28). The highest BCUT2D eigenvalue weighted by Crippen LogP contribution is 2.30. The second-order valence-electron chi connectivity index (χ2n) is 6.78. The molecule has 30 heavy (non-hydrogen) atoms. The summed E-state index contributed by atoms with van der Waals surface area (Å²) >= 11 is 0. The third-order valence-electron chi connectivity index (χ3n) is 4.63. The molecule has 0 fully saturated rings. The minimum atomic E-state index is -0.615. The number of aryl methyl sites for hydroxylation is 1. The number of benzene rings is 2. The number of nitrogens with zero attached hydrogens (tertiary/aromatic N) is 2. The average molecular weight is 409 g/mol. The molecule has 0 aliphatic carbocycles. The van der Waals surface area contributed by atoms with Gasteiger partial charge in [0.05, 0.1) is 25.9 Å². The van der Waals surface area contributed by atoms with E-state index in [1.165, 1.54) is 7.11 Å². The molecule has 2 aromatic carbocycles. The molecule has 1 heterocycles. The van der Waals surface area contributed by atoms with E-state index < -0.39 is 23.3 Å². The Morgan fingerprint density at radius 2 is 1.83 bits per heavy atom. The van der Waals surface area contributed by atoms with Crippen LogP contribution in [-0.4, -0.2) is 35.0 Å². The first-order chi connectivity index (χ1) is 14.3. The number of ether oxygens (including phenoxy) is 2. The zero-order valence-electron chi connectivity index (χ0n) is 17.2. The van der Waals surface area contributed by atoms with Gasteiger partial charge in [-0.3, -0.25) is 9.59 Å². The third-order valence-corrected chi connectivity index (χ3v) is 4.63. The first-order valence-corrected chi connectivity index (χ1v) is 9.27. The molecule has 0 radical (unpaired) electrons. The van der Waals surface area contributed by atoms with Crippen LogP contribution in [0.5, 0.6) is 17.2 Å². The third kappa shape index (κ3) is 4.27. The number of nitrogens with one attached hydrogen (secondary N) is 1. The fourth-order valence-electron chi connectivity index (χ4n) is 3.02. The van der Waals surface area contributed by atoms with Crippen LogP contribution in [0.3, 0.4) is 0 Å². The molecule has 0 spiro atoms. The summed E-state index contributed by atoms with van der Waals surface area (Å²) in [4.78, 5) is 25.1. The molecule has 1 amide bonds. The summed E-state index contributed by atoms with van der Waals surface area (Å²) in [5, 5.41) is 17.0. The van der Waals surface area contributed by atoms with Crippen molar-refractivity contribution in [2.24, 2.45) is 0 Å². The highest BCUT2D eigenvalue weighted by molar-refractivity contribution is 5.94. The number of amides is 1. The SMILES string of the molecule is COc1ccc(C(C)NC(=O)c2nn(-c3cccc(C)c3)c(=O)cc2O)cc1OC. The fraction of sp³-hybridized carbons (Fsp3) is 0.227. The van der Waals surface area contributed by atoms with Gasteiger partial charge in [0.25, 0.3) is 11.5 Å². The topological polar surface area (TPSA) is 103 Å². The van der Waals surface area contributed by atoms with Crippen molar-refractivity contribution in [1.29, 1.82) is 0 Å². The van der Waals surface area contributed by atoms with E-state index in [0.717, 1.165) is 21.9 Å². The number of carbonyl (C=O) groups is 1. The Hall–Kier alpha value is -3.81. The van der Waals surface area contributed by atoms with Crippen molar-refractivity contribution < 1.29 is 19.4 Å². The predicted molar refractivity (Wildman–Crippen MR) is 112 cm³/mol. The highest BCUT2D eigenvalue weighted by Gasteiger charge is 2.20. The molecule has 156 valence electrons. The Morgan fingerprint density at radius 1 is 1.10 bits per heavy atom. The van der Waals surface area contributed by atoms with Crippen molar-refractivity contribution in [3.05, 3.63) is 75.7 Å². The van der Waals surface area contributed by atoms with Gasteiger partial charge in [-0.15, -0.1) is 0 Å². The van der Waals surface area contributed by atoms with Gasteiger partial charge in [0.15, 0.2) is 22.9 Å². The lowest BCUT2D eigenvalue weighted by Gasteiger charge is -2.17. The predicted octanol–water partition coefficient (Wildman–Crippen LogP) is 2.75. The van der Waals surface area contributed by atoms with Crippen LogP contribution in [-0.2, 0) is 0 Å². The van der Waals surface area contributed by atoms with Gasteiger partial charge in [0, 0.05) is 6.07 Å². The molecule has 1 atom stereocenters. The van der Waals surface area contributed by atoms with Gasteiger partial charge in [0.1, 0.15) is 0 Å². The van der Waals surface area contributed by atoms with E-state index in [-0.39, 0.29) is 5.69 Å². The van der Waals surface area contributed by atoms with E-state index in [4.69, 9.17) is 9.47 Å². The van der Waals surface area contributed by atoms with E-state index in [0.29, 0.717) is 17.2 Å². The largest absolute Gasteiger partial charge is 0.505 e. The first kappa shape index (κ1) is 20.9. The van der Waals surface area contributed by atoms with Crippen molar-refractivity contribution in [3.8, 4) is 22.9 Å². The van der Waals surface area contributed by atoms with E-state index in [1.54, 1.807) is 50.4 Å². The van der Waals surface area contributed by atoms with Crippen molar-refractivity contribution in [2.45, 2.75) is 19.9 Å². The molecular formula is C22H23N3O5. The molecule has 0 aliphatic heterocycles. The normalized spacial score (nSPS) is 11.6. The Bertz CT molecular complexity index is 1140. The van der Waals surface area contributed by atoms with Crippen molar-refractivity contribution in [1.82, 2.24) is 15.1 Å². The summed E-state index contributed by atoms with van der Waals surface area (Å²) < 4.78 is 11.6. The Labute approximate surface area is 173 Å². The monoisotopic (exact) mass is 409 g/mol. The molecule has 1 aromatic heterocycles. The quantitative estimate of drug-likeness (QED) is 0.649. The molecule has 0 aliphatic rings. The molecule has 8 nitrogen and oxygen atoms in total. The summed E-state index contributed by atoms with van der Waals surface area (Å²) in [6.45, 7) is 3.67. The molecular weight excluding hydrogens is 386 g/mol. The summed E-state index contributed by atoms with van der Waals surface area (Å²) in [5.74, 6) is 0.00601. The number of rotatable bonds is 6. The summed E-state index contributed by atoms with van der Waals surface area (Å²) in [6, 6.07) is 13.0. The molecule has 1 unspecified atom stereocenters. The maximum Gasteiger partial charge on any atom is 0.276 e. The Balaban J connectivity index is 1.90. The van der Waals surface area contributed by atoms with Gasteiger partial charge < -0.3 is 19.9 Å². The number of methoxy groups -OCH3 is 2. The van der Waals surface area contributed by atoms with Gasteiger partial charge in [-0.2, -0.15) is 9.78 Å². The van der Waals surface area contributed by atoms with Gasteiger partial charge in [-0.05, 0) is 49.2 Å². The van der Waals surface area contributed by atoms with E-state index in [1.807, 2.05) is 13.0 Å². The second-order valence-corrected chi connectivity index (χ2v) is 6.78. The number of hydrogen-bond acceptors (Lipinski definition) is 6. The molecule has 0 saturated heterocycles. The molecule has 3 aromatic rings. The lowest BCUT2D eigenvalue weighted by Crippen LogP contribution is -2.31. The van der Waals surface area contributed by atoms with E-state index >= 15 is 0 Å². The number of hydrogen-bond donors (Lipinski definition) is 2. The maximum atomic E-state index is 12.8. The lowest BCUT2D eigenvalue weighted by atomic mass is 10.1. The summed E-state index contributed by atoms with van der Waals surface area (Å²) in [6.07, 6.45) is 0. The van der Waals surface area contributed by atoms with Gasteiger partial charge in [-0.25, -0.2) is 0 Å². The van der Waals surface area contributed by atoms with Gasteiger partial charge >= 0.3 is 0 Å². The van der Waals surface area contributed by atoms with Gasteiger partial charge in [-0.1, -0.05) is 18.2 Å². The lowest BCUT2D eigenvalue weighted by molar-refractivity contribution is 0.0929. The zero-order chi connectivity index (χ0) is 21.8. The smallest absolute Gasteiger partial charge is 0.276 e. The zero-order valence-corrected chi connectivity index (χ0v) is 17.2. The Morgan fingerprint density at radius 3 is 2.50 bits per heavy atom. The fourth-order valence-corrected chi connectivity index (χ4v) is 3.02. The van der Waals surface area contributed by atoms with Crippen LogP contribution in [0.2, 0.25) is 0 Å². The van der Waals surface area contributed by atoms with E-state index in [9.17, 15) is 14.7 Å². The number of carbonyl (C=O) groups excluding carboxylic acids is 1. The minimum absolute atomic E-state index is 0.247. The van der Waals surface area contributed by atoms with Crippen LogP contribution in [0.1, 0.15) is 34.6 Å². The average Bonchev–Trinajstić information content (AvgIpc) is 2.73. The van der Waals surface area contributed by atoms with Crippen molar-refractivity contribution >= 4 is 5.91 Å². The second kappa shape index (κ2) is 8.69. The minimum Gasteiger partial charge on any atom is -0.505 e. The molecule has 0 saturated carbocycles. The van der Waals surface area contributed by atoms with Crippen LogP contribution in [0.4, 0.5) is 0 Å². The van der Waals surface area contributed by atoms with Crippen LogP contribution < -0.4 is 20.3 Å². The number of aromatic nitrogens is 2. The summed E-state index contributed by atoms with van der Waals surface area (Å²) in [7, 11) is 3.07. The highest BCUT2D eigenvalue weighted by atomic mass is 16.5. The molecule has 8 heteroatoms.